The van der Waals surface area contributed by atoms with E-state index in [2.05, 4.69) is 20.5 Å². The molecule has 0 radical (unpaired) electrons. The monoisotopic (exact) mass is 386 g/mol. The Morgan fingerprint density at radius 3 is 2.96 bits per heavy atom. The lowest BCUT2D eigenvalue weighted by Gasteiger charge is -2.10. The molecule has 0 aliphatic carbocycles. The molecule has 1 aromatic carbocycles. The summed E-state index contributed by atoms with van der Waals surface area (Å²) in [6.45, 7) is 1.77. The van der Waals surface area contributed by atoms with E-state index in [0.717, 1.165) is 11.0 Å². The number of rotatable bonds is 5. The molecule has 2 amide bonds. The van der Waals surface area contributed by atoms with Crippen molar-refractivity contribution in [2.24, 2.45) is 5.73 Å². The number of fused-ring (bicyclic) bond motifs is 3. The summed E-state index contributed by atoms with van der Waals surface area (Å²) in [6, 6.07) is 9.31. The van der Waals surface area contributed by atoms with Crippen LogP contribution in [-0.4, -0.2) is 36.6 Å². The second-order valence-corrected chi connectivity index (χ2v) is 7.77. The topological polar surface area (TPSA) is 118 Å². The van der Waals surface area contributed by atoms with Gasteiger partial charge in [-0.2, -0.15) is 0 Å². The lowest BCUT2D eigenvalue weighted by Crippen LogP contribution is -2.24. The van der Waals surface area contributed by atoms with Crippen LogP contribution in [0.15, 0.2) is 40.9 Å². The number of aromatic nitrogens is 4. The average molecular weight is 386 g/mol. The smallest absolute Gasteiger partial charge is 0.251 e. The second-order valence-electron chi connectivity index (χ2n) is 5.54. The fourth-order valence-corrected chi connectivity index (χ4v) is 4.21. The molecule has 0 fully saturated rings. The van der Waals surface area contributed by atoms with Gasteiger partial charge in [0.1, 0.15) is 5.00 Å². The minimum absolute atomic E-state index is 0.236. The molecule has 0 aliphatic heterocycles. The number of thioether (sulfide) groups is 1. The van der Waals surface area contributed by atoms with Gasteiger partial charge in [-0.15, -0.1) is 16.4 Å². The van der Waals surface area contributed by atoms with E-state index in [1.165, 1.54) is 23.1 Å². The zero-order valence-corrected chi connectivity index (χ0v) is 15.2. The molecule has 1 atom stereocenters. The van der Waals surface area contributed by atoms with Gasteiger partial charge in [-0.05, 0) is 30.5 Å². The highest BCUT2D eigenvalue weighted by atomic mass is 32.2. The highest BCUT2D eigenvalue weighted by molar-refractivity contribution is 8.00. The number of benzene rings is 1. The lowest BCUT2D eigenvalue weighted by atomic mass is 10.3. The number of imidazole rings is 1. The second kappa shape index (κ2) is 6.46. The number of nitrogens with one attached hydrogen (secondary N) is 2. The quantitative estimate of drug-likeness (QED) is 0.455. The van der Waals surface area contributed by atoms with E-state index in [9.17, 15) is 9.59 Å². The molecule has 26 heavy (non-hydrogen) atoms. The number of H-pyrrole nitrogens is 1. The molecule has 4 aromatic rings. The van der Waals surface area contributed by atoms with Gasteiger partial charge in [0.2, 0.25) is 11.7 Å². The summed E-state index contributed by atoms with van der Waals surface area (Å²) >= 11 is 2.56. The van der Waals surface area contributed by atoms with Gasteiger partial charge in [0.25, 0.3) is 5.91 Å². The molecule has 0 bridgehead atoms. The summed E-state index contributed by atoms with van der Waals surface area (Å²) in [6.07, 6.45) is 0. The Morgan fingerprint density at radius 2 is 2.15 bits per heavy atom. The van der Waals surface area contributed by atoms with E-state index >= 15 is 0 Å². The molecule has 1 unspecified atom stereocenters. The number of para-hydroxylation sites is 2. The van der Waals surface area contributed by atoms with Gasteiger partial charge in [-0.3, -0.25) is 14.0 Å². The largest absolute Gasteiger partial charge is 0.366 e. The van der Waals surface area contributed by atoms with Crippen LogP contribution in [0.1, 0.15) is 17.3 Å². The summed E-state index contributed by atoms with van der Waals surface area (Å²) in [5.41, 5.74) is 7.39. The normalized spacial score (nSPS) is 12.5. The average Bonchev–Trinajstić information content (AvgIpc) is 3.30. The van der Waals surface area contributed by atoms with Crippen LogP contribution in [0.4, 0.5) is 5.00 Å². The first-order valence-electron chi connectivity index (χ1n) is 7.71. The van der Waals surface area contributed by atoms with Crippen LogP contribution in [0.25, 0.3) is 16.8 Å². The van der Waals surface area contributed by atoms with Crippen LogP contribution in [0.5, 0.6) is 0 Å². The Hall–Kier alpha value is -2.85. The molecular weight excluding hydrogens is 372 g/mol. The Kier molecular flexibility index (Phi) is 4.13. The van der Waals surface area contributed by atoms with Crippen LogP contribution in [0.2, 0.25) is 0 Å². The molecule has 132 valence electrons. The predicted molar refractivity (Wildman–Crippen MR) is 102 cm³/mol. The van der Waals surface area contributed by atoms with E-state index < -0.39 is 11.2 Å². The van der Waals surface area contributed by atoms with Crippen molar-refractivity contribution < 1.29 is 9.59 Å². The first-order valence-corrected chi connectivity index (χ1v) is 9.47. The van der Waals surface area contributed by atoms with E-state index in [4.69, 9.17) is 5.73 Å². The number of hydrogen-bond acceptors (Lipinski definition) is 6. The molecule has 0 saturated heterocycles. The Balaban J connectivity index is 1.57. The fourth-order valence-electron chi connectivity index (χ4n) is 2.55. The molecule has 3 heterocycles. The molecule has 10 heteroatoms. The number of carbonyl (C=O) groups is 2. The third-order valence-corrected chi connectivity index (χ3v) is 5.70. The zero-order chi connectivity index (χ0) is 18.3. The highest BCUT2D eigenvalue weighted by Crippen LogP contribution is 2.28. The number of hydrogen-bond donors (Lipinski definition) is 3. The van der Waals surface area contributed by atoms with Crippen LogP contribution in [0, 0.1) is 0 Å². The van der Waals surface area contributed by atoms with E-state index in [-0.39, 0.29) is 5.91 Å². The zero-order valence-electron chi connectivity index (χ0n) is 13.6. The SMILES string of the molecule is CC(Sc1n[nH]c2nc3ccccc3n12)C(=O)Nc1sccc1C(N)=O. The summed E-state index contributed by atoms with van der Waals surface area (Å²) in [7, 11) is 0. The molecule has 8 nitrogen and oxygen atoms in total. The maximum absolute atomic E-state index is 12.5. The molecule has 0 spiro atoms. The molecular formula is C16H14N6O2S2. The van der Waals surface area contributed by atoms with Crippen LogP contribution < -0.4 is 11.1 Å². The van der Waals surface area contributed by atoms with Crippen molar-refractivity contribution >= 4 is 56.7 Å². The minimum Gasteiger partial charge on any atom is -0.366 e. The third-order valence-electron chi connectivity index (χ3n) is 3.82. The number of amides is 2. The van der Waals surface area contributed by atoms with Crippen LogP contribution >= 0.6 is 23.1 Å². The number of anilines is 1. The molecule has 4 rings (SSSR count). The third kappa shape index (κ3) is 2.82. The van der Waals surface area contributed by atoms with Gasteiger partial charge >= 0.3 is 0 Å². The van der Waals surface area contributed by atoms with Crippen LogP contribution in [-0.2, 0) is 4.79 Å². The molecule has 3 aromatic heterocycles. The summed E-state index contributed by atoms with van der Waals surface area (Å²) in [4.78, 5) is 28.4. The first-order chi connectivity index (χ1) is 12.5. The number of nitrogens with zero attached hydrogens (tertiary/aromatic N) is 3. The number of nitrogens with two attached hydrogens (primary N) is 1. The summed E-state index contributed by atoms with van der Waals surface area (Å²) in [5.74, 6) is -0.183. The fraction of sp³-hybridized carbons (Fsp3) is 0.125. The Labute approximate surface area is 155 Å². The number of carbonyl (C=O) groups excluding carboxylic acids is 2. The molecule has 0 saturated carbocycles. The van der Waals surface area contributed by atoms with Crippen molar-refractivity contribution in [1.29, 1.82) is 0 Å². The summed E-state index contributed by atoms with van der Waals surface area (Å²) < 4.78 is 1.88. The van der Waals surface area contributed by atoms with Crippen molar-refractivity contribution in [1.82, 2.24) is 19.6 Å². The minimum atomic E-state index is -0.569. The first kappa shape index (κ1) is 16.6. The van der Waals surface area contributed by atoms with Crippen molar-refractivity contribution in [3.63, 3.8) is 0 Å². The molecule has 4 N–H and O–H groups in total. The van der Waals surface area contributed by atoms with Crippen LogP contribution in [0.3, 0.4) is 0 Å². The standard InChI is InChI=1S/C16H14N6O2S2/c1-8(13(24)19-14-9(12(17)23)6-7-25-14)26-16-21-20-15-18-10-4-2-3-5-11(10)22(15)16/h2-8H,1H3,(H2,17,23)(H,18,20)(H,19,24). The summed E-state index contributed by atoms with van der Waals surface area (Å²) in [5, 5.41) is 12.3. The van der Waals surface area contributed by atoms with Gasteiger partial charge in [-0.1, -0.05) is 23.9 Å². The van der Waals surface area contributed by atoms with Crippen molar-refractivity contribution in [3.8, 4) is 0 Å². The van der Waals surface area contributed by atoms with Gasteiger partial charge in [0.15, 0.2) is 5.16 Å². The van der Waals surface area contributed by atoms with E-state index in [0.29, 0.717) is 21.5 Å². The highest BCUT2D eigenvalue weighted by Gasteiger charge is 2.21. The number of primary amides is 1. The number of aromatic amines is 1. The predicted octanol–water partition coefficient (Wildman–Crippen LogP) is 2.49. The van der Waals surface area contributed by atoms with Gasteiger partial charge < -0.3 is 11.1 Å². The van der Waals surface area contributed by atoms with Gasteiger partial charge in [0, 0.05) is 0 Å². The number of thiophene rings is 1. The van der Waals surface area contributed by atoms with Gasteiger partial charge in [0.05, 0.1) is 21.8 Å². The van der Waals surface area contributed by atoms with Crippen molar-refractivity contribution in [3.05, 3.63) is 41.3 Å². The van der Waals surface area contributed by atoms with Crippen molar-refractivity contribution in [2.75, 3.05) is 5.32 Å². The maximum atomic E-state index is 12.5. The van der Waals surface area contributed by atoms with Crippen molar-refractivity contribution in [2.45, 2.75) is 17.3 Å². The van der Waals surface area contributed by atoms with E-state index in [1.807, 2.05) is 28.7 Å². The maximum Gasteiger partial charge on any atom is 0.251 e. The van der Waals surface area contributed by atoms with Gasteiger partial charge in [-0.25, -0.2) is 10.1 Å². The Morgan fingerprint density at radius 1 is 1.35 bits per heavy atom. The Bertz CT molecular complexity index is 1130. The lowest BCUT2D eigenvalue weighted by molar-refractivity contribution is -0.115. The molecule has 0 aliphatic rings. The van der Waals surface area contributed by atoms with E-state index in [1.54, 1.807) is 18.4 Å².